The van der Waals surface area contributed by atoms with E-state index < -0.39 is 14.8 Å². The van der Waals surface area contributed by atoms with E-state index in [0.29, 0.717) is 31.3 Å². The average molecular weight is 390 g/mol. The van der Waals surface area contributed by atoms with Crippen molar-refractivity contribution in [3.8, 4) is 5.75 Å². The fourth-order valence-corrected chi connectivity index (χ4v) is 4.18. The van der Waals surface area contributed by atoms with Gasteiger partial charge in [-0.25, -0.2) is 8.42 Å². The minimum Gasteiger partial charge on any atom is -0.493 e. The van der Waals surface area contributed by atoms with Crippen LogP contribution >= 0.6 is 0 Å². The molecule has 0 amide bonds. The number of rotatable bonds is 6. The zero-order chi connectivity index (χ0) is 19.4. The molecule has 7 nitrogen and oxygen atoms in total. The van der Waals surface area contributed by atoms with E-state index in [0.717, 1.165) is 24.8 Å². The first-order valence-electron chi connectivity index (χ1n) is 8.76. The molecule has 1 fully saturated rings. The van der Waals surface area contributed by atoms with Gasteiger partial charge in [0.1, 0.15) is 16.3 Å². The highest BCUT2D eigenvalue weighted by molar-refractivity contribution is 7.90. The molecule has 0 aromatic heterocycles. The van der Waals surface area contributed by atoms with Crippen molar-refractivity contribution in [3.63, 3.8) is 0 Å². The van der Waals surface area contributed by atoms with Crippen molar-refractivity contribution >= 4 is 21.2 Å². The summed E-state index contributed by atoms with van der Waals surface area (Å²) in [7, 11) is -3.68. The minimum absolute atomic E-state index is 0.237. The number of hydrogen-bond donors (Lipinski definition) is 0. The van der Waals surface area contributed by atoms with Crippen molar-refractivity contribution in [2.24, 2.45) is 5.92 Å². The van der Waals surface area contributed by atoms with Crippen LogP contribution in [0, 0.1) is 16.0 Å². The molecule has 0 aliphatic carbocycles. The number of nitrogens with zero attached hydrogens (tertiary/aromatic N) is 2. The molecule has 0 atom stereocenters. The first-order valence-corrected chi connectivity index (χ1v) is 10.7. The summed E-state index contributed by atoms with van der Waals surface area (Å²) < 4.78 is 29.7. The Balaban J connectivity index is 1.70. The molecule has 8 heteroatoms. The van der Waals surface area contributed by atoms with Gasteiger partial charge in [0, 0.05) is 19.3 Å². The highest BCUT2D eigenvalue weighted by atomic mass is 32.2. The van der Waals surface area contributed by atoms with Crippen molar-refractivity contribution in [1.82, 2.24) is 0 Å². The maximum absolute atomic E-state index is 11.9. The number of para-hydroxylation sites is 2. The van der Waals surface area contributed by atoms with Crippen molar-refractivity contribution in [1.29, 1.82) is 0 Å². The monoisotopic (exact) mass is 390 g/mol. The molecule has 1 aliphatic heterocycles. The molecule has 0 spiro atoms. The third-order valence-electron chi connectivity index (χ3n) is 4.74. The molecule has 0 saturated carbocycles. The lowest BCUT2D eigenvalue weighted by Crippen LogP contribution is -2.36. The first kappa shape index (κ1) is 19.2. The SMILES string of the molecule is CS(=O)(=O)c1cccc(N2CCC(COc3ccccc3)CC2)c1[N+](=O)[O-]. The molecule has 1 heterocycles. The van der Waals surface area contributed by atoms with Crippen LogP contribution in [0.2, 0.25) is 0 Å². The summed E-state index contributed by atoms with van der Waals surface area (Å²) in [5, 5.41) is 11.6. The van der Waals surface area contributed by atoms with Gasteiger partial charge in [0.2, 0.25) is 0 Å². The molecular weight excluding hydrogens is 368 g/mol. The van der Waals surface area contributed by atoms with E-state index in [4.69, 9.17) is 4.74 Å². The largest absolute Gasteiger partial charge is 0.493 e. The standard InChI is InChI=1S/C19H22N2O5S/c1-27(24,25)18-9-5-8-17(19(18)21(22)23)20-12-10-15(11-13-20)14-26-16-6-3-2-4-7-16/h2-9,15H,10-14H2,1H3. The molecule has 2 aromatic carbocycles. The van der Waals surface area contributed by atoms with E-state index in [1.165, 1.54) is 6.07 Å². The molecule has 0 radical (unpaired) electrons. The van der Waals surface area contributed by atoms with Crippen molar-refractivity contribution in [2.75, 3.05) is 30.9 Å². The number of hydrogen-bond acceptors (Lipinski definition) is 6. The number of nitro benzene ring substituents is 1. The highest BCUT2D eigenvalue weighted by Crippen LogP contribution is 2.36. The van der Waals surface area contributed by atoms with Crippen LogP contribution < -0.4 is 9.64 Å². The van der Waals surface area contributed by atoms with Crippen LogP contribution in [0.1, 0.15) is 12.8 Å². The van der Waals surface area contributed by atoms with Crippen molar-refractivity contribution in [2.45, 2.75) is 17.7 Å². The fourth-order valence-electron chi connectivity index (χ4n) is 3.32. The van der Waals surface area contributed by atoms with Crippen LogP contribution in [0.5, 0.6) is 5.75 Å². The summed E-state index contributed by atoms with van der Waals surface area (Å²) in [5.74, 6) is 1.19. The molecular formula is C19H22N2O5S. The number of benzene rings is 2. The second-order valence-electron chi connectivity index (χ2n) is 6.71. The van der Waals surface area contributed by atoms with Gasteiger partial charge >= 0.3 is 5.69 Å². The maximum Gasteiger partial charge on any atom is 0.311 e. The molecule has 0 bridgehead atoms. The third kappa shape index (κ3) is 4.57. The van der Waals surface area contributed by atoms with Crippen LogP contribution in [-0.4, -0.2) is 39.3 Å². The Morgan fingerprint density at radius 3 is 2.37 bits per heavy atom. The van der Waals surface area contributed by atoms with E-state index in [-0.39, 0.29) is 10.6 Å². The number of nitro groups is 1. The van der Waals surface area contributed by atoms with E-state index in [2.05, 4.69) is 0 Å². The topological polar surface area (TPSA) is 89.8 Å². The van der Waals surface area contributed by atoms with Crippen LogP contribution in [0.25, 0.3) is 0 Å². The summed E-state index contributed by atoms with van der Waals surface area (Å²) in [4.78, 5) is 12.6. The Bertz CT molecular complexity index is 907. The summed E-state index contributed by atoms with van der Waals surface area (Å²) in [6.07, 6.45) is 2.65. The molecule has 1 saturated heterocycles. The number of anilines is 1. The van der Waals surface area contributed by atoms with Crippen molar-refractivity contribution < 1.29 is 18.1 Å². The Morgan fingerprint density at radius 1 is 1.11 bits per heavy atom. The van der Waals surface area contributed by atoms with Crippen LogP contribution in [0.3, 0.4) is 0 Å². The molecule has 0 unspecified atom stereocenters. The average Bonchev–Trinajstić information content (AvgIpc) is 2.66. The number of sulfone groups is 1. The van der Waals surface area contributed by atoms with E-state index in [1.54, 1.807) is 12.1 Å². The number of ether oxygens (including phenoxy) is 1. The zero-order valence-corrected chi connectivity index (χ0v) is 15.9. The quantitative estimate of drug-likeness (QED) is 0.555. The first-order chi connectivity index (χ1) is 12.9. The maximum atomic E-state index is 11.9. The molecule has 27 heavy (non-hydrogen) atoms. The van der Waals surface area contributed by atoms with Crippen molar-refractivity contribution in [3.05, 3.63) is 58.6 Å². The van der Waals surface area contributed by atoms with Crippen LogP contribution in [-0.2, 0) is 9.84 Å². The van der Waals surface area contributed by atoms with Gasteiger partial charge in [-0.2, -0.15) is 0 Å². The van der Waals surface area contributed by atoms with E-state index in [9.17, 15) is 18.5 Å². The summed E-state index contributed by atoms with van der Waals surface area (Å²) in [6, 6.07) is 14.1. The normalized spacial score (nSPS) is 15.5. The molecule has 1 aliphatic rings. The zero-order valence-electron chi connectivity index (χ0n) is 15.1. The van der Waals surface area contributed by atoms with Gasteiger partial charge in [0.05, 0.1) is 11.5 Å². The Morgan fingerprint density at radius 2 is 1.78 bits per heavy atom. The second-order valence-corrected chi connectivity index (χ2v) is 8.69. The van der Waals surface area contributed by atoms with Gasteiger partial charge in [0.25, 0.3) is 0 Å². The number of piperidine rings is 1. The third-order valence-corrected chi connectivity index (χ3v) is 5.87. The van der Waals surface area contributed by atoms with E-state index >= 15 is 0 Å². The lowest BCUT2D eigenvalue weighted by atomic mass is 9.97. The molecule has 0 N–H and O–H groups in total. The summed E-state index contributed by atoms with van der Waals surface area (Å²) >= 11 is 0. The second kappa shape index (κ2) is 7.96. The van der Waals surface area contributed by atoms with Gasteiger partial charge in [0.15, 0.2) is 9.84 Å². The summed E-state index contributed by atoms with van der Waals surface area (Å²) in [6.45, 7) is 1.84. The van der Waals surface area contributed by atoms with Gasteiger partial charge in [-0.3, -0.25) is 10.1 Å². The Labute approximate surface area is 158 Å². The lowest BCUT2D eigenvalue weighted by molar-refractivity contribution is -0.387. The van der Waals surface area contributed by atoms with E-state index in [1.807, 2.05) is 35.2 Å². The fraction of sp³-hybridized carbons (Fsp3) is 0.368. The highest BCUT2D eigenvalue weighted by Gasteiger charge is 2.30. The predicted molar refractivity (Wildman–Crippen MR) is 103 cm³/mol. The Hall–Kier alpha value is -2.61. The summed E-state index contributed by atoms with van der Waals surface area (Å²) in [5.41, 5.74) is 0.0318. The minimum atomic E-state index is -3.68. The van der Waals surface area contributed by atoms with Gasteiger partial charge < -0.3 is 9.64 Å². The van der Waals surface area contributed by atoms with Gasteiger partial charge in [-0.1, -0.05) is 24.3 Å². The smallest absolute Gasteiger partial charge is 0.311 e. The van der Waals surface area contributed by atoms with Crippen LogP contribution in [0.4, 0.5) is 11.4 Å². The Kier molecular flexibility index (Phi) is 5.65. The molecule has 3 rings (SSSR count). The predicted octanol–water partition coefficient (Wildman–Crippen LogP) is 3.29. The molecule has 144 valence electrons. The lowest BCUT2D eigenvalue weighted by Gasteiger charge is -2.33. The van der Waals surface area contributed by atoms with Gasteiger partial charge in [-0.05, 0) is 43.0 Å². The van der Waals surface area contributed by atoms with Gasteiger partial charge in [-0.15, -0.1) is 0 Å². The molecule has 2 aromatic rings. The van der Waals surface area contributed by atoms with Crippen LogP contribution in [0.15, 0.2) is 53.4 Å².